The van der Waals surface area contributed by atoms with Crippen molar-refractivity contribution in [2.24, 2.45) is 11.7 Å². The molecule has 0 fully saturated rings. The predicted molar refractivity (Wildman–Crippen MR) is 154 cm³/mol. The van der Waals surface area contributed by atoms with Crippen LogP contribution in [-0.2, 0) is 0 Å². The first-order chi connectivity index (χ1) is 18.4. The minimum atomic E-state index is -0.530. The van der Waals surface area contributed by atoms with Gasteiger partial charge in [0.2, 0.25) is 0 Å². The Hall–Kier alpha value is -3.93. The predicted octanol–water partition coefficient (Wildman–Crippen LogP) is 6.39. The molecule has 1 aromatic heterocycles. The van der Waals surface area contributed by atoms with Gasteiger partial charge in [-0.1, -0.05) is 110 Å². The van der Waals surface area contributed by atoms with Crippen molar-refractivity contribution in [3.63, 3.8) is 0 Å². The van der Waals surface area contributed by atoms with Crippen LogP contribution in [0, 0.1) is 5.92 Å². The molecule has 1 aliphatic carbocycles. The number of nitrogens with zero attached hydrogens (tertiary/aromatic N) is 3. The van der Waals surface area contributed by atoms with Crippen LogP contribution in [0.3, 0.4) is 0 Å². The van der Waals surface area contributed by atoms with E-state index in [1.165, 1.54) is 5.56 Å². The number of rotatable bonds is 7. The van der Waals surface area contributed by atoms with Crippen LogP contribution in [0.5, 0.6) is 0 Å². The van der Waals surface area contributed by atoms with Crippen molar-refractivity contribution in [3.8, 4) is 22.8 Å². The number of aliphatic hydroxyl groups is 1. The molecule has 5 unspecified atom stereocenters. The zero-order chi connectivity index (χ0) is 26.6. The molecule has 0 aliphatic heterocycles. The maximum Gasteiger partial charge on any atom is 0.164 e. The molecule has 0 amide bonds. The van der Waals surface area contributed by atoms with E-state index >= 15 is 0 Å². The summed E-state index contributed by atoms with van der Waals surface area (Å²) in [6.45, 7) is 5.97. The number of benzene rings is 3. The lowest BCUT2D eigenvalue weighted by atomic mass is 9.77. The number of hydrogen-bond donors (Lipinski definition) is 2. The number of hydrogen-bond acceptors (Lipinski definition) is 5. The van der Waals surface area contributed by atoms with Crippen molar-refractivity contribution in [2.75, 3.05) is 0 Å². The van der Waals surface area contributed by atoms with Gasteiger partial charge in [0, 0.05) is 34.6 Å². The van der Waals surface area contributed by atoms with Gasteiger partial charge in [-0.2, -0.15) is 0 Å². The minimum Gasteiger partial charge on any atom is -0.393 e. The summed E-state index contributed by atoms with van der Waals surface area (Å²) in [7, 11) is 0. The monoisotopic (exact) mass is 502 g/mol. The van der Waals surface area contributed by atoms with E-state index in [4.69, 9.17) is 20.7 Å². The molecule has 0 bridgehead atoms. The van der Waals surface area contributed by atoms with Crippen LogP contribution in [0.15, 0.2) is 103 Å². The van der Waals surface area contributed by atoms with E-state index in [0.717, 1.165) is 22.3 Å². The summed E-state index contributed by atoms with van der Waals surface area (Å²) < 4.78 is 0. The molecular formula is C33H34N4O. The van der Waals surface area contributed by atoms with Crippen LogP contribution < -0.4 is 5.73 Å². The molecule has 3 aromatic carbocycles. The summed E-state index contributed by atoms with van der Waals surface area (Å²) >= 11 is 0. The first-order valence-corrected chi connectivity index (χ1v) is 13.2. The zero-order valence-electron chi connectivity index (χ0n) is 22.1. The molecule has 192 valence electrons. The second-order valence-corrected chi connectivity index (χ2v) is 10.2. The lowest BCUT2D eigenvalue weighted by Gasteiger charge is -2.29. The molecule has 5 heteroatoms. The van der Waals surface area contributed by atoms with Gasteiger partial charge < -0.3 is 10.8 Å². The maximum atomic E-state index is 10.4. The van der Waals surface area contributed by atoms with Crippen molar-refractivity contribution < 1.29 is 5.11 Å². The third-order valence-electron chi connectivity index (χ3n) is 7.35. The summed E-state index contributed by atoms with van der Waals surface area (Å²) in [5.74, 6) is 2.14. The number of nitrogens with two attached hydrogens (primary N) is 1. The number of allylic oxidation sites excluding steroid dienone is 4. The second kappa shape index (κ2) is 11.2. The molecule has 0 spiro atoms. The minimum absolute atomic E-state index is 0.127. The van der Waals surface area contributed by atoms with E-state index in [-0.39, 0.29) is 23.8 Å². The van der Waals surface area contributed by atoms with E-state index < -0.39 is 6.10 Å². The van der Waals surface area contributed by atoms with Gasteiger partial charge in [-0.25, -0.2) is 15.0 Å². The van der Waals surface area contributed by atoms with Crippen molar-refractivity contribution >= 4 is 5.57 Å². The molecule has 0 saturated carbocycles. The quantitative estimate of drug-likeness (QED) is 0.306. The summed E-state index contributed by atoms with van der Waals surface area (Å²) in [6, 6.07) is 28.4. The van der Waals surface area contributed by atoms with Crippen molar-refractivity contribution in [1.29, 1.82) is 0 Å². The largest absolute Gasteiger partial charge is 0.393 e. The Morgan fingerprint density at radius 3 is 1.89 bits per heavy atom. The van der Waals surface area contributed by atoms with E-state index in [1.54, 1.807) is 6.92 Å². The highest BCUT2D eigenvalue weighted by Crippen LogP contribution is 2.39. The van der Waals surface area contributed by atoms with E-state index in [1.807, 2.05) is 67.6 Å². The Morgan fingerprint density at radius 2 is 1.34 bits per heavy atom. The summed E-state index contributed by atoms with van der Waals surface area (Å²) in [4.78, 5) is 14.7. The molecule has 5 nitrogen and oxygen atoms in total. The standard InChI is InChI=1S/C33H34N4O/c1-21-28(26-16-10-17-27(20-26)30(22(2)34)23(3)38)18-11-19-29(21)33-36-31(24-12-6-4-7-13-24)35-32(37-33)25-14-8-5-9-15-25/h4-23,28,30,38H,34H2,1-3H3. The highest BCUT2D eigenvalue weighted by Gasteiger charge is 2.28. The van der Waals surface area contributed by atoms with Crippen LogP contribution in [0.25, 0.3) is 28.3 Å². The van der Waals surface area contributed by atoms with Gasteiger partial charge in [-0.15, -0.1) is 0 Å². The Labute approximate surface area is 224 Å². The maximum absolute atomic E-state index is 10.4. The normalized spacial score (nSPS) is 19.4. The SMILES string of the molecule is CC(N)C(c1cccc(C2C=CC=C(c3nc(-c4ccccc4)nc(-c4ccccc4)n3)C2C)c1)C(C)O. The first kappa shape index (κ1) is 25.7. The summed E-state index contributed by atoms with van der Waals surface area (Å²) in [5.41, 5.74) is 11.5. The third-order valence-corrected chi connectivity index (χ3v) is 7.35. The fourth-order valence-electron chi connectivity index (χ4n) is 5.40. The average molecular weight is 503 g/mol. The highest BCUT2D eigenvalue weighted by atomic mass is 16.3. The van der Waals surface area contributed by atoms with Gasteiger partial charge in [0.05, 0.1) is 6.10 Å². The van der Waals surface area contributed by atoms with Gasteiger partial charge in [0.1, 0.15) is 0 Å². The van der Waals surface area contributed by atoms with Crippen LogP contribution in [0.1, 0.15) is 49.6 Å². The van der Waals surface area contributed by atoms with Crippen LogP contribution in [0.2, 0.25) is 0 Å². The average Bonchev–Trinajstić information content (AvgIpc) is 2.94. The second-order valence-electron chi connectivity index (χ2n) is 10.2. The lowest BCUT2D eigenvalue weighted by molar-refractivity contribution is 0.152. The fourth-order valence-corrected chi connectivity index (χ4v) is 5.40. The van der Waals surface area contributed by atoms with Gasteiger partial charge in [-0.05, 0) is 30.9 Å². The third kappa shape index (κ3) is 5.35. The van der Waals surface area contributed by atoms with E-state index in [0.29, 0.717) is 17.5 Å². The Morgan fingerprint density at radius 1 is 0.763 bits per heavy atom. The molecule has 1 heterocycles. The van der Waals surface area contributed by atoms with Crippen molar-refractivity contribution in [1.82, 2.24) is 15.0 Å². The molecule has 5 atom stereocenters. The molecule has 4 aromatic rings. The van der Waals surface area contributed by atoms with Gasteiger partial charge >= 0.3 is 0 Å². The van der Waals surface area contributed by atoms with Gasteiger partial charge in [-0.3, -0.25) is 0 Å². The molecular weight excluding hydrogens is 468 g/mol. The molecule has 3 N–H and O–H groups in total. The molecule has 1 aliphatic rings. The van der Waals surface area contributed by atoms with Crippen LogP contribution in [-0.4, -0.2) is 32.2 Å². The molecule has 38 heavy (non-hydrogen) atoms. The smallest absolute Gasteiger partial charge is 0.164 e. The van der Waals surface area contributed by atoms with E-state index in [9.17, 15) is 5.11 Å². The zero-order valence-corrected chi connectivity index (χ0v) is 22.1. The van der Waals surface area contributed by atoms with E-state index in [2.05, 4.69) is 49.4 Å². The molecule has 0 saturated heterocycles. The Bertz CT molecular complexity index is 1380. The summed E-state index contributed by atoms with van der Waals surface area (Å²) in [5, 5.41) is 10.4. The number of aromatic nitrogens is 3. The van der Waals surface area contributed by atoms with Crippen LogP contribution >= 0.6 is 0 Å². The van der Waals surface area contributed by atoms with Crippen LogP contribution in [0.4, 0.5) is 0 Å². The Kier molecular flexibility index (Phi) is 7.59. The van der Waals surface area contributed by atoms with Gasteiger partial charge in [0.15, 0.2) is 17.5 Å². The topological polar surface area (TPSA) is 84.9 Å². The van der Waals surface area contributed by atoms with Crippen molar-refractivity contribution in [2.45, 2.75) is 44.8 Å². The van der Waals surface area contributed by atoms with Crippen molar-refractivity contribution in [3.05, 3.63) is 120 Å². The number of aliphatic hydroxyl groups excluding tert-OH is 1. The van der Waals surface area contributed by atoms with Gasteiger partial charge in [0.25, 0.3) is 0 Å². The lowest BCUT2D eigenvalue weighted by Crippen LogP contribution is -2.32. The fraction of sp³-hybridized carbons (Fsp3) is 0.242. The highest BCUT2D eigenvalue weighted by molar-refractivity contribution is 5.71. The molecule has 5 rings (SSSR count). The summed E-state index contributed by atoms with van der Waals surface area (Å²) in [6.07, 6.45) is 5.91. The first-order valence-electron chi connectivity index (χ1n) is 13.2. The Balaban J connectivity index is 1.54. The molecule has 0 radical (unpaired) electrons.